The van der Waals surface area contributed by atoms with Gasteiger partial charge in [0.15, 0.2) is 5.82 Å². The molecule has 2 heterocycles. The summed E-state index contributed by atoms with van der Waals surface area (Å²) in [5.41, 5.74) is -0.0444. The molecule has 1 aliphatic rings. The zero-order valence-corrected chi connectivity index (χ0v) is 18.4. The van der Waals surface area contributed by atoms with Gasteiger partial charge in [-0.2, -0.15) is 23.5 Å². The van der Waals surface area contributed by atoms with Crippen molar-refractivity contribution in [1.29, 1.82) is 5.26 Å². The van der Waals surface area contributed by atoms with Gasteiger partial charge in [-0.25, -0.2) is 4.68 Å². The zero-order chi connectivity index (χ0) is 23.8. The Morgan fingerprint density at radius 1 is 1.18 bits per heavy atom. The molecule has 0 amide bonds. The lowest BCUT2D eigenvalue weighted by molar-refractivity contribution is -0.179. The van der Waals surface area contributed by atoms with Crippen molar-refractivity contribution in [3.63, 3.8) is 0 Å². The topological polar surface area (TPSA) is 89.7 Å². The Kier molecular flexibility index (Phi) is 5.93. The van der Waals surface area contributed by atoms with E-state index in [1.807, 2.05) is 0 Å². The normalized spacial score (nSPS) is 17.1. The highest BCUT2D eigenvalue weighted by Gasteiger charge is 2.42. The summed E-state index contributed by atoms with van der Waals surface area (Å²) in [6.07, 6.45) is 1.24. The first-order valence-corrected chi connectivity index (χ1v) is 10.8. The summed E-state index contributed by atoms with van der Waals surface area (Å²) in [5, 5.41) is 18.0. The van der Waals surface area contributed by atoms with Crippen LogP contribution in [0.5, 0.6) is 0 Å². The molecular weight excluding hydrogens is 433 g/mol. The van der Waals surface area contributed by atoms with E-state index in [1.165, 1.54) is 44.6 Å². The van der Waals surface area contributed by atoms with Gasteiger partial charge in [0.1, 0.15) is 17.0 Å². The Bertz CT molecular complexity index is 1230. The molecule has 1 fully saturated rings. The number of anilines is 2. The Hall–Kier alpha value is -3.32. The molecule has 1 unspecified atom stereocenters. The van der Waals surface area contributed by atoms with Crippen LogP contribution in [0, 0.1) is 11.3 Å². The monoisotopic (exact) mass is 458 g/mol. The largest absolute Gasteiger partial charge is 0.408 e. The molecule has 1 saturated carbocycles. The number of benzene rings is 1. The molecule has 2 aromatic heterocycles. The molecule has 10 heteroatoms. The number of nitrogens with zero attached hydrogens (tertiary/aromatic N) is 4. The smallest absolute Gasteiger partial charge is 0.338 e. The molecule has 7 nitrogen and oxygen atoms in total. The number of hydrogen-bond acceptors (Lipinski definition) is 5. The van der Waals surface area contributed by atoms with Crippen molar-refractivity contribution in [1.82, 2.24) is 19.7 Å². The molecule has 0 radical (unpaired) electrons. The third kappa shape index (κ3) is 4.20. The van der Waals surface area contributed by atoms with Crippen LogP contribution in [0.2, 0.25) is 0 Å². The minimum atomic E-state index is -4.41. The van der Waals surface area contributed by atoms with Crippen molar-refractivity contribution < 1.29 is 13.2 Å². The molecule has 0 bridgehead atoms. The number of hydrogen-bond donors (Lipinski definition) is 2. The van der Waals surface area contributed by atoms with E-state index in [1.54, 1.807) is 10.7 Å². The second-order valence-corrected chi connectivity index (χ2v) is 8.69. The van der Waals surface area contributed by atoms with Gasteiger partial charge >= 0.3 is 6.18 Å². The highest BCUT2D eigenvalue weighted by Crippen LogP contribution is 2.39. The van der Waals surface area contributed by atoms with Gasteiger partial charge in [0.25, 0.3) is 5.56 Å². The molecule has 0 spiro atoms. The van der Waals surface area contributed by atoms with E-state index in [0.717, 1.165) is 24.2 Å². The molecule has 0 saturated heterocycles. The number of fused-ring (bicyclic) bond motifs is 1. The van der Waals surface area contributed by atoms with Gasteiger partial charge in [0.2, 0.25) is 0 Å². The minimum absolute atomic E-state index is 0.108. The van der Waals surface area contributed by atoms with E-state index < -0.39 is 17.8 Å². The van der Waals surface area contributed by atoms with Crippen molar-refractivity contribution in [2.75, 3.05) is 19.4 Å². The van der Waals surface area contributed by atoms with E-state index in [2.05, 4.69) is 21.5 Å². The lowest BCUT2D eigenvalue weighted by atomic mass is 9.83. The SMILES string of the molecule is CN(C)C(c1ccc(Nc2nn(C3(C#N)CCCCC3)c3cc[nH]c(=O)c23)cc1)C(F)(F)F. The molecule has 1 aliphatic carbocycles. The summed E-state index contributed by atoms with van der Waals surface area (Å²) >= 11 is 0. The average Bonchev–Trinajstić information content (AvgIpc) is 3.14. The summed E-state index contributed by atoms with van der Waals surface area (Å²) in [4.78, 5) is 16.4. The summed E-state index contributed by atoms with van der Waals surface area (Å²) in [6, 6.07) is 8.27. The molecule has 3 aromatic rings. The zero-order valence-electron chi connectivity index (χ0n) is 18.4. The van der Waals surface area contributed by atoms with E-state index in [-0.39, 0.29) is 16.9 Å². The third-order valence-corrected chi connectivity index (χ3v) is 6.21. The van der Waals surface area contributed by atoms with Crippen LogP contribution < -0.4 is 10.9 Å². The number of aromatic nitrogens is 3. The van der Waals surface area contributed by atoms with Crippen LogP contribution in [0.25, 0.3) is 10.9 Å². The number of H-pyrrole nitrogens is 1. The quantitative estimate of drug-likeness (QED) is 0.572. The maximum absolute atomic E-state index is 13.4. The molecule has 0 aliphatic heterocycles. The molecule has 1 aromatic carbocycles. The van der Waals surface area contributed by atoms with Crippen molar-refractivity contribution >= 4 is 22.4 Å². The second-order valence-electron chi connectivity index (χ2n) is 8.69. The third-order valence-electron chi connectivity index (χ3n) is 6.21. The van der Waals surface area contributed by atoms with Crippen molar-refractivity contribution in [3.05, 3.63) is 52.4 Å². The standard InChI is InChI=1S/C23H25F3N6O/c1-31(2)19(23(24,25)26)15-6-8-16(9-7-15)29-20-18-17(10-13-28-21(18)33)32(30-20)22(14-27)11-4-3-5-12-22/h6-10,13,19H,3-5,11-12H2,1-2H3,(H,28,33)(H,29,30). The maximum atomic E-state index is 13.4. The molecule has 2 N–H and O–H groups in total. The highest BCUT2D eigenvalue weighted by molar-refractivity contribution is 5.91. The van der Waals surface area contributed by atoms with Gasteiger partial charge in [-0.1, -0.05) is 18.6 Å². The van der Waals surface area contributed by atoms with Crippen LogP contribution >= 0.6 is 0 Å². The number of alkyl halides is 3. The van der Waals surface area contributed by atoms with E-state index in [9.17, 15) is 23.2 Å². The number of pyridine rings is 1. The Labute approximate surface area is 188 Å². The molecule has 33 heavy (non-hydrogen) atoms. The van der Waals surface area contributed by atoms with Crippen LogP contribution in [-0.4, -0.2) is 39.9 Å². The Morgan fingerprint density at radius 2 is 1.85 bits per heavy atom. The fourth-order valence-corrected chi connectivity index (χ4v) is 4.66. The van der Waals surface area contributed by atoms with Gasteiger partial charge in [-0.3, -0.25) is 9.69 Å². The Morgan fingerprint density at radius 3 is 2.42 bits per heavy atom. The summed E-state index contributed by atoms with van der Waals surface area (Å²) in [7, 11) is 2.76. The molecule has 4 rings (SSSR count). The van der Waals surface area contributed by atoms with Crippen molar-refractivity contribution in [2.24, 2.45) is 0 Å². The second kappa shape index (κ2) is 8.56. The van der Waals surface area contributed by atoms with Gasteiger partial charge in [-0.15, -0.1) is 0 Å². The van der Waals surface area contributed by atoms with Gasteiger partial charge < -0.3 is 10.3 Å². The van der Waals surface area contributed by atoms with Crippen LogP contribution in [0.4, 0.5) is 24.7 Å². The number of nitrogens with one attached hydrogen (secondary N) is 2. The first kappa shape index (κ1) is 22.9. The fraction of sp³-hybridized carbons (Fsp3) is 0.435. The minimum Gasteiger partial charge on any atom is -0.338 e. The van der Waals surface area contributed by atoms with Gasteiger partial charge in [-0.05, 0) is 63.5 Å². The first-order chi connectivity index (χ1) is 15.7. The predicted molar refractivity (Wildman–Crippen MR) is 119 cm³/mol. The van der Waals surface area contributed by atoms with Crippen molar-refractivity contribution in [2.45, 2.75) is 49.9 Å². The number of halogens is 3. The van der Waals surface area contributed by atoms with E-state index in [0.29, 0.717) is 29.4 Å². The van der Waals surface area contributed by atoms with Gasteiger partial charge in [0, 0.05) is 11.9 Å². The van der Waals surface area contributed by atoms with Crippen LogP contribution in [0.15, 0.2) is 41.3 Å². The first-order valence-electron chi connectivity index (χ1n) is 10.8. The number of rotatable bonds is 5. The van der Waals surface area contributed by atoms with Gasteiger partial charge in [0.05, 0.1) is 11.6 Å². The predicted octanol–water partition coefficient (Wildman–Crippen LogP) is 4.82. The van der Waals surface area contributed by atoms with Crippen LogP contribution in [-0.2, 0) is 5.54 Å². The average molecular weight is 458 g/mol. The maximum Gasteiger partial charge on any atom is 0.408 e. The fourth-order valence-electron chi connectivity index (χ4n) is 4.66. The summed E-state index contributed by atoms with van der Waals surface area (Å²) < 4.78 is 42.0. The lowest BCUT2D eigenvalue weighted by Gasteiger charge is -2.31. The van der Waals surface area contributed by atoms with E-state index in [4.69, 9.17) is 0 Å². The number of nitriles is 1. The van der Waals surface area contributed by atoms with Crippen molar-refractivity contribution in [3.8, 4) is 6.07 Å². The molecule has 174 valence electrons. The lowest BCUT2D eigenvalue weighted by Crippen LogP contribution is -2.35. The molecular formula is C23H25F3N6O. The molecule has 1 atom stereocenters. The number of aromatic amines is 1. The highest BCUT2D eigenvalue weighted by atomic mass is 19.4. The van der Waals surface area contributed by atoms with Crippen LogP contribution in [0.3, 0.4) is 0 Å². The van der Waals surface area contributed by atoms with Crippen LogP contribution in [0.1, 0.15) is 43.7 Å². The summed E-state index contributed by atoms with van der Waals surface area (Å²) in [5.74, 6) is 0.264. The van der Waals surface area contributed by atoms with E-state index >= 15 is 0 Å². The Balaban J connectivity index is 1.73. The summed E-state index contributed by atoms with van der Waals surface area (Å²) in [6.45, 7) is 0.